The zero-order valence-electron chi connectivity index (χ0n) is 23.3. The normalized spacial score (nSPS) is 19.9. The Labute approximate surface area is 238 Å². The number of carbonyl (C=O) groups excluding carboxylic acids is 2. The van der Waals surface area contributed by atoms with Gasteiger partial charge in [0.1, 0.15) is 11.6 Å². The molecule has 2 aromatic carbocycles. The number of aromatic nitrogens is 1. The number of fused-ring (bicyclic) bond motifs is 1. The summed E-state index contributed by atoms with van der Waals surface area (Å²) in [6, 6.07) is 11.4. The summed E-state index contributed by atoms with van der Waals surface area (Å²) in [7, 11) is 1.62. The minimum atomic E-state index is -0.452. The quantitative estimate of drug-likeness (QED) is 0.354. The number of urea groups is 1. The number of benzene rings is 2. The van der Waals surface area contributed by atoms with Gasteiger partial charge in [0.05, 0.1) is 5.52 Å². The predicted octanol–water partition coefficient (Wildman–Crippen LogP) is 4.50. The first kappa shape index (κ1) is 28.9. The second-order valence-electron chi connectivity index (χ2n) is 11.0. The van der Waals surface area contributed by atoms with Crippen molar-refractivity contribution in [3.63, 3.8) is 0 Å². The molecule has 1 aromatic heterocycles. The molecular formula is C31H37F2N5O3. The molecule has 218 valence electrons. The van der Waals surface area contributed by atoms with E-state index in [1.54, 1.807) is 19.4 Å². The average molecular weight is 566 g/mol. The van der Waals surface area contributed by atoms with Crippen molar-refractivity contribution in [2.45, 2.75) is 56.5 Å². The van der Waals surface area contributed by atoms with E-state index in [2.05, 4.69) is 10.3 Å². The lowest BCUT2D eigenvalue weighted by Crippen LogP contribution is -2.42. The smallest absolute Gasteiger partial charge is 0.340 e. The molecule has 2 aliphatic rings. The van der Waals surface area contributed by atoms with E-state index in [-0.39, 0.29) is 47.1 Å². The Bertz CT molecular complexity index is 1420. The standard InChI is InChI=1S/C31H37F2N5O3/c1-41-13-3-12-38-28(16-25-26(32)9-10-27(33)30(25)38)22-4-2-11-37(19-22)29(39)15-24(34)14-20-5-7-21(8-6-20)23-17-35-31(40)36-18-23/h5-10,16-17,22-24H,2-4,11-15,18-19,34H2,1H3,(H,36,40). The summed E-state index contributed by atoms with van der Waals surface area (Å²) in [5.41, 5.74) is 9.63. The van der Waals surface area contributed by atoms with Gasteiger partial charge in [-0.05, 0) is 55.0 Å². The van der Waals surface area contributed by atoms with Crippen molar-refractivity contribution in [2.24, 2.45) is 10.7 Å². The molecule has 3 aromatic rings. The number of nitrogens with two attached hydrogens (primary N) is 1. The van der Waals surface area contributed by atoms with E-state index >= 15 is 0 Å². The number of aryl methyl sites for hydroxylation is 1. The van der Waals surface area contributed by atoms with Crippen LogP contribution in [-0.4, -0.2) is 67.0 Å². The maximum Gasteiger partial charge on any atom is 0.340 e. The first-order valence-corrected chi connectivity index (χ1v) is 14.2. The summed E-state index contributed by atoms with van der Waals surface area (Å²) in [5, 5.41) is 3.00. The molecular weight excluding hydrogens is 528 g/mol. The van der Waals surface area contributed by atoms with Crippen molar-refractivity contribution >= 4 is 29.1 Å². The number of hydrogen-bond acceptors (Lipinski definition) is 4. The van der Waals surface area contributed by atoms with Gasteiger partial charge in [-0.15, -0.1) is 0 Å². The Hall–Kier alpha value is -3.63. The van der Waals surface area contributed by atoms with Crippen LogP contribution in [0.2, 0.25) is 0 Å². The highest BCUT2D eigenvalue weighted by molar-refractivity contribution is 5.89. The summed E-state index contributed by atoms with van der Waals surface area (Å²) >= 11 is 0. The van der Waals surface area contributed by atoms with E-state index in [9.17, 15) is 18.4 Å². The van der Waals surface area contributed by atoms with Gasteiger partial charge in [0.2, 0.25) is 5.91 Å². The van der Waals surface area contributed by atoms with Gasteiger partial charge in [0, 0.05) is 81.5 Å². The van der Waals surface area contributed by atoms with Gasteiger partial charge >= 0.3 is 6.03 Å². The SMILES string of the molecule is COCCCn1c(C2CCCN(C(=O)CC(N)Cc3ccc(C4C=NC(=O)NC4)cc3)C2)cc2c(F)ccc(F)c21. The van der Waals surface area contributed by atoms with Crippen LogP contribution in [0.1, 0.15) is 54.3 Å². The molecule has 41 heavy (non-hydrogen) atoms. The highest BCUT2D eigenvalue weighted by Gasteiger charge is 2.29. The predicted molar refractivity (Wildman–Crippen MR) is 154 cm³/mol. The Kier molecular flexibility index (Phi) is 9.09. The van der Waals surface area contributed by atoms with Crippen LogP contribution in [0.5, 0.6) is 0 Å². The third kappa shape index (κ3) is 6.65. The van der Waals surface area contributed by atoms with Crippen LogP contribution in [0.3, 0.4) is 0 Å². The zero-order chi connectivity index (χ0) is 28.9. The molecule has 0 saturated carbocycles. The molecule has 0 aliphatic carbocycles. The molecule has 3 atom stereocenters. The lowest BCUT2D eigenvalue weighted by Gasteiger charge is -2.34. The van der Waals surface area contributed by atoms with Gasteiger partial charge in [-0.25, -0.2) is 18.6 Å². The number of likely N-dealkylation sites (tertiary alicyclic amines) is 1. The number of amides is 3. The lowest BCUT2D eigenvalue weighted by atomic mass is 9.93. The van der Waals surface area contributed by atoms with Crippen molar-refractivity contribution < 1.29 is 23.1 Å². The molecule has 5 rings (SSSR count). The Morgan fingerprint density at radius 2 is 1.98 bits per heavy atom. The maximum absolute atomic E-state index is 14.9. The number of ether oxygens (including phenoxy) is 1. The van der Waals surface area contributed by atoms with Crippen molar-refractivity contribution in [1.29, 1.82) is 0 Å². The molecule has 0 bridgehead atoms. The molecule has 8 nitrogen and oxygen atoms in total. The van der Waals surface area contributed by atoms with Crippen LogP contribution < -0.4 is 11.1 Å². The van der Waals surface area contributed by atoms with Gasteiger partial charge in [-0.1, -0.05) is 24.3 Å². The molecule has 3 heterocycles. The first-order valence-electron chi connectivity index (χ1n) is 14.2. The number of rotatable bonds is 10. The number of carbonyl (C=O) groups is 2. The summed E-state index contributed by atoms with van der Waals surface area (Å²) < 4.78 is 36.6. The average Bonchev–Trinajstić information content (AvgIpc) is 3.37. The largest absolute Gasteiger partial charge is 0.385 e. The van der Waals surface area contributed by atoms with Crippen molar-refractivity contribution in [3.8, 4) is 0 Å². The van der Waals surface area contributed by atoms with E-state index in [0.29, 0.717) is 45.6 Å². The number of halogens is 2. The number of nitrogens with one attached hydrogen (secondary N) is 1. The van der Waals surface area contributed by atoms with E-state index in [1.165, 1.54) is 6.07 Å². The van der Waals surface area contributed by atoms with E-state index < -0.39 is 11.6 Å². The first-order chi connectivity index (χ1) is 19.8. The molecule has 1 saturated heterocycles. The summed E-state index contributed by atoms with van der Waals surface area (Å²) in [6.45, 7) is 2.67. The van der Waals surface area contributed by atoms with Gasteiger partial charge in [-0.3, -0.25) is 4.79 Å². The van der Waals surface area contributed by atoms with Gasteiger partial charge in [-0.2, -0.15) is 0 Å². The van der Waals surface area contributed by atoms with E-state index in [1.807, 2.05) is 33.7 Å². The summed E-state index contributed by atoms with van der Waals surface area (Å²) in [5.74, 6) is -0.901. The van der Waals surface area contributed by atoms with Crippen molar-refractivity contribution in [3.05, 3.63) is 70.9 Å². The monoisotopic (exact) mass is 565 g/mol. The molecule has 1 fully saturated rings. The van der Waals surface area contributed by atoms with Gasteiger partial charge in [0.25, 0.3) is 0 Å². The molecule has 3 N–H and O–H groups in total. The van der Waals surface area contributed by atoms with Crippen LogP contribution in [-0.2, 0) is 22.5 Å². The fourth-order valence-electron chi connectivity index (χ4n) is 6.00. The van der Waals surface area contributed by atoms with Crippen molar-refractivity contribution in [1.82, 2.24) is 14.8 Å². The highest BCUT2D eigenvalue weighted by Crippen LogP contribution is 2.34. The molecule has 0 spiro atoms. The number of nitrogens with zero attached hydrogens (tertiary/aromatic N) is 3. The third-order valence-electron chi connectivity index (χ3n) is 8.10. The zero-order valence-corrected chi connectivity index (χ0v) is 23.3. The lowest BCUT2D eigenvalue weighted by molar-refractivity contribution is -0.132. The molecule has 2 aliphatic heterocycles. The second-order valence-corrected chi connectivity index (χ2v) is 11.0. The topological polar surface area (TPSA) is 102 Å². The Morgan fingerprint density at radius 1 is 1.20 bits per heavy atom. The van der Waals surface area contributed by atoms with Crippen LogP contribution in [0, 0.1) is 11.6 Å². The third-order valence-corrected chi connectivity index (χ3v) is 8.10. The molecule has 0 radical (unpaired) electrons. The van der Waals surface area contributed by atoms with Gasteiger partial charge in [0.15, 0.2) is 0 Å². The fraction of sp³-hybridized carbons (Fsp3) is 0.452. The minimum absolute atomic E-state index is 0.00705. The van der Waals surface area contributed by atoms with E-state index in [0.717, 1.165) is 35.7 Å². The van der Waals surface area contributed by atoms with Crippen molar-refractivity contribution in [2.75, 3.05) is 33.4 Å². The van der Waals surface area contributed by atoms with E-state index in [4.69, 9.17) is 10.5 Å². The van der Waals surface area contributed by atoms with Crippen LogP contribution in [0.15, 0.2) is 47.5 Å². The van der Waals surface area contributed by atoms with Crippen LogP contribution in [0.4, 0.5) is 13.6 Å². The number of piperidine rings is 1. The molecule has 10 heteroatoms. The number of methoxy groups -OCH3 is 1. The Morgan fingerprint density at radius 3 is 2.71 bits per heavy atom. The highest BCUT2D eigenvalue weighted by atomic mass is 19.1. The summed E-state index contributed by atoms with van der Waals surface area (Å²) in [6.07, 6.45) is 4.75. The summed E-state index contributed by atoms with van der Waals surface area (Å²) in [4.78, 5) is 30.2. The maximum atomic E-state index is 14.9. The molecule has 3 unspecified atom stereocenters. The number of aliphatic imine (C=N–C) groups is 1. The number of hydrogen-bond donors (Lipinski definition) is 2. The Balaban J connectivity index is 1.23. The van der Waals surface area contributed by atoms with Gasteiger partial charge < -0.3 is 25.3 Å². The second kappa shape index (κ2) is 12.9. The van der Waals surface area contributed by atoms with Crippen LogP contribution >= 0.6 is 0 Å². The molecule has 3 amide bonds. The van der Waals surface area contributed by atoms with Crippen LogP contribution in [0.25, 0.3) is 10.9 Å². The fourth-order valence-corrected chi connectivity index (χ4v) is 6.00. The minimum Gasteiger partial charge on any atom is -0.385 e.